The predicted octanol–water partition coefficient (Wildman–Crippen LogP) is 1.46. The molecule has 1 aromatic rings. The molecule has 0 spiro atoms. The SMILES string of the molecule is CCNC(=O)COC(=O)[C@@H](c1ccccc1)N1CCSCC1. The zero-order chi connectivity index (χ0) is 15.8. The van der Waals surface area contributed by atoms with Crippen molar-refractivity contribution in [3.63, 3.8) is 0 Å². The fourth-order valence-electron chi connectivity index (χ4n) is 2.43. The third-order valence-electron chi connectivity index (χ3n) is 3.47. The van der Waals surface area contributed by atoms with Gasteiger partial charge in [0.15, 0.2) is 6.61 Å². The summed E-state index contributed by atoms with van der Waals surface area (Å²) < 4.78 is 5.23. The molecule has 1 N–H and O–H groups in total. The van der Waals surface area contributed by atoms with Gasteiger partial charge in [-0.15, -0.1) is 0 Å². The number of nitrogens with zero attached hydrogens (tertiary/aromatic N) is 1. The van der Waals surface area contributed by atoms with Crippen LogP contribution < -0.4 is 5.32 Å². The topological polar surface area (TPSA) is 58.6 Å². The van der Waals surface area contributed by atoms with Crippen LogP contribution in [0.4, 0.5) is 0 Å². The summed E-state index contributed by atoms with van der Waals surface area (Å²) in [5.74, 6) is 1.39. The minimum absolute atomic E-state index is 0.224. The predicted molar refractivity (Wildman–Crippen MR) is 87.7 cm³/mol. The minimum Gasteiger partial charge on any atom is -0.454 e. The lowest BCUT2D eigenvalue weighted by Gasteiger charge is -2.32. The number of esters is 1. The van der Waals surface area contributed by atoms with Gasteiger partial charge in [0, 0.05) is 31.1 Å². The molecule has 1 aromatic carbocycles. The van der Waals surface area contributed by atoms with Gasteiger partial charge in [0.05, 0.1) is 0 Å². The third kappa shape index (κ3) is 4.74. The second kappa shape index (κ2) is 8.80. The number of ether oxygens (including phenoxy) is 1. The Morgan fingerprint density at radius 1 is 1.27 bits per heavy atom. The average Bonchev–Trinajstić information content (AvgIpc) is 2.55. The molecule has 22 heavy (non-hydrogen) atoms. The summed E-state index contributed by atoms with van der Waals surface area (Å²) in [6, 6.07) is 9.18. The molecule has 120 valence electrons. The average molecular weight is 322 g/mol. The van der Waals surface area contributed by atoms with Gasteiger partial charge in [0.1, 0.15) is 6.04 Å². The quantitative estimate of drug-likeness (QED) is 0.804. The second-order valence-electron chi connectivity index (χ2n) is 5.02. The maximum Gasteiger partial charge on any atom is 0.328 e. The van der Waals surface area contributed by atoms with E-state index < -0.39 is 6.04 Å². The standard InChI is InChI=1S/C16H22N2O3S/c1-2-17-14(19)12-21-16(20)15(13-6-4-3-5-7-13)18-8-10-22-11-9-18/h3-7,15H,2,8-12H2,1H3,(H,17,19)/t15-/m1/s1. The van der Waals surface area contributed by atoms with Gasteiger partial charge in [-0.05, 0) is 12.5 Å². The Morgan fingerprint density at radius 3 is 2.59 bits per heavy atom. The second-order valence-corrected chi connectivity index (χ2v) is 6.25. The highest BCUT2D eigenvalue weighted by molar-refractivity contribution is 7.99. The Kier molecular flexibility index (Phi) is 6.74. The number of rotatable bonds is 6. The number of thioether (sulfide) groups is 1. The number of benzene rings is 1. The summed E-state index contributed by atoms with van der Waals surface area (Å²) in [4.78, 5) is 26.1. The zero-order valence-electron chi connectivity index (χ0n) is 12.8. The molecule has 0 bridgehead atoms. The Hall–Kier alpha value is -1.53. The van der Waals surface area contributed by atoms with Crippen molar-refractivity contribution in [2.45, 2.75) is 13.0 Å². The number of carbonyl (C=O) groups excluding carboxylic acids is 2. The summed E-state index contributed by atoms with van der Waals surface area (Å²) in [6.45, 7) is 3.83. The molecule has 0 aromatic heterocycles. The number of hydrogen-bond acceptors (Lipinski definition) is 5. The molecule has 1 heterocycles. The van der Waals surface area contributed by atoms with Crippen molar-refractivity contribution < 1.29 is 14.3 Å². The van der Waals surface area contributed by atoms with Crippen molar-refractivity contribution in [3.05, 3.63) is 35.9 Å². The molecular weight excluding hydrogens is 300 g/mol. The summed E-state index contributed by atoms with van der Waals surface area (Å²) in [6.07, 6.45) is 0. The van der Waals surface area contributed by atoms with Crippen LogP contribution in [0.15, 0.2) is 30.3 Å². The zero-order valence-corrected chi connectivity index (χ0v) is 13.6. The molecule has 0 unspecified atom stereocenters. The van der Waals surface area contributed by atoms with E-state index in [9.17, 15) is 9.59 Å². The Morgan fingerprint density at radius 2 is 1.95 bits per heavy atom. The maximum atomic E-state index is 12.5. The first kappa shape index (κ1) is 16.8. The molecule has 1 fully saturated rings. The number of amides is 1. The summed E-state index contributed by atoms with van der Waals surface area (Å²) in [5, 5.41) is 2.63. The largest absolute Gasteiger partial charge is 0.454 e. The molecule has 6 heteroatoms. The van der Waals surface area contributed by atoms with Crippen LogP contribution in [0.2, 0.25) is 0 Å². The summed E-state index contributed by atoms with van der Waals surface area (Å²) >= 11 is 1.89. The highest BCUT2D eigenvalue weighted by Gasteiger charge is 2.30. The molecule has 0 radical (unpaired) electrons. The Bertz CT molecular complexity index is 489. The number of likely N-dealkylation sites (N-methyl/N-ethyl adjacent to an activating group) is 1. The van der Waals surface area contributed by atoms with E-state index in [0.29, 0.717) is 6.54 Å². The first-order chi connectivity index (χ1) is 10.7. The van der Waals surface area contributed by atoms with Crippen LogP contribution in [-0.2, 0) is 14.3 Å². The van der Waals surface area contributed by atoms with E-state index in [1.807, 2.05) is 49.0 Å². The van der Waals surface area contributed by atoms with Gasteiger partial charge in [-0.2, -0.15) is 11.8 Å². The van der Waals surface area contributed by atoms with Gasteiger partial charge in [-0.1, -0.05) is 30.3 Å². The van der Waals surface area contributed by atoms with E-state index in [4.69, 9.17) is 4.74 Å². The van der Waals surface area contributed by atoms with Crippen LogP contribution in [-0.4, -0.2) is 54.5 Å². The van der Waals surface area contributed by atoms with Gasteiger partial charge in [-0.25, -0.2) is 4.79 Å². The maximum absolute atomic E-state index is 12.5. The number of nitrogens with one attached hydrogen (secondary N) is 1. The van der Waals surface area contributed by atoms with Crippen molar-refractivity contribution in [2.75, 3.05) is 37.7 Å². The first-order valence-electron chi connectivity index (χ1n) is 7.52. The Balaban J connectivity index is 2.06. The van der Waals surface area contributed by atoms with Crippen molar-refractivity contribution in [2.24, 2.45) is 0 Å². The monoisotopic (exact) mass is 322 g/mol. The van der Waals surface area contributed by atoms with Crippen LogP contribution in [0.25, 0.3) is 0 Å². The van der Waals surface area contributed by atoms with E-state index >= 15 is 0 Å². The molecule has 2 rings (SSSR count). The lowest BCUT2D eigenvalue weighted by molar-refractivity contribution is -0.154. The fraction of sp³-hybridized carbons (Fsp3) is 0.500. The molecule has 0 aliphatic carbocycles. The summed E-state index contributed by atoms with van der Waals surface area (Å²) in [7, 11) is 0. The van der Waals surface area contributed by atoms with Crippen LogP contribution >= 0.6 is 11.8 Å². The number of carbonyl (C=O) groups is 2. The summed E-state index contributed by atoms with van der Waals surface area (Å²) in [5.41, 5.74) is 0.912. The van der Waals surface area contributed by atoms with E-state index in [0.717, 1.165) is 30.2 Å². The molecule has 1 atom stereocenters. The van der Waals surface area contributed by atoms with E-state index in [2.05, 4.69) is 10.2 Å². The van der Waals surface area contributed by atoms with Crippen LogP contribution in [0, 0.1) is 0 Å². The van der Waals surface area contributed by atoms with Crippen molar-refractivity contribution in [3.8, 4) is 0 Å². The van der Waals surface area contributed by atoms with E-state index in [-0.39, 0.29) is 18.5 Å². The van der Waals surface area contributed by atoms with Gasteiger partial charge in [-0.3, -0.25) is 9.69 Å². The molecule has 1 amide bonds. The molecule has 5 nitrogen and oxygen atoms in total. The molecule has 1 aliphatic rings. The lowest BCUT2D eigenvalue weighted by atomic mass is 10.1. The lowest BCUT2D eigenvalue weighted by Crippen LogP contribution is -2.41. The van der Waals surface area contributed by atoms with Gasteiger partial charge in [0.25, 0.3) is 5.91 Å². The van der Waals surface area contributed by atoms with Gasteiger partial charge in [0.2, 0.25) is 0 Å². The smallest absolute Gasteiger partial charge is 0.328 e. The highest BCUT2D eigenvalue weighted by atomic mass is 32.2. The van der Waals surface area contributed by atoms with Crippen molar-refractivity contribution in [1.29, 1.82) is 0 Å². The third-order valence-corrected chi connectivity index (χ3v) is 4.41. The number of hydrogen-bond donors (Lipinski definition) is 1. The first-order valence-corrected chi connectivity index (χ1v) is 8.68. The van der Waals surface area contributed by atoms with Gasteiger partial charge < -0.3 is 10.1 Å². The molecular formula is C16H22N2O3S. The van der Waals surface area contributed by atoms with Crippen LogP contribution in [0.5, 0.6) is 0 Å². The van der Waals surface area contributed by atoms with E-state index in [1.54, 1.807) is 0 Å². The van der Waals surface area contributed by atoms with E-state index in [1.165, 1.54) is 0 Å². The van der Waals surface area contributed by atoms with Crippen molar-refractivity contribution >= 4 is 23.6 Å². The minimum atomic E-state index is -0.434. The van der Waals surface area contributed by atoms with Gasteiger partial charge >= 0.3 is 5.97 Å². The highest BCUT2D eigenvalue weighted by Crippen LogP contribution is 2.25. The molecule has 1 saturated heterocycles. The fourth-order valence-corrected chi connectivity index (χ4v) is 3.36. The van der Waals surface area contributed by atoms with Crippen LogP contribution in [0.3, 0.4) is 0 Å². The molecule has 1 aliphatic heterocycles. The Labute approximate surface area is 135 Å². The van der Waals surface area contributed by atoms with Crippen molar-refractivity contribution in [1.82, 2.24) is 10.2 Å². The normalized spacial score (nSPS) is 16.8. The van der Waals surface area contributed by atoms with Crippen LogP contribution in [0.1, 0.15) is 18.5 Å². The molecule has 0 saturated carbocycles.